The molecule has 0 saturated heterocycles. The molecule has 0 aliphatic rings. The third-order valence-electron chi connectivity index (χ3n) is 2.80. The van der Waals surface area contributed by atoms with Crippen LogP contribution in [0.25, 0.3) is 0 Å². The van der Waals surface area contributed by atoms with Gasteiger partial charge in [0.05, 0.1) is 7.11 Å². The number of alkyl carbamates (subject to hydrolysis) is 1. The first-order valence-electron chi connectivity index (χ1n) is 6.46. The molecule has 1 N–H and O–H groups in total. The van der Waals surface area contributed by atoms with Gasteiger partial charge in [0.1, 0.15) is 5.37 Å². The van der Waals surface area contributed by atoms with E-state index in [0.29, 0.717) is 10.6 Å². The molecule has 0 bridgehead atoms. The zero-order valence-corrected chi connectivity index (χ0v) is 13.4. The highest BCUT2D eigenvalue weighted by molar-refractivity contribution is 8.00. The molecule has 0 radical (unpaired) electrons. The minimum absolute atomic E-state index is 0.203. The van der Waals surface area contributed by atoms with E-state index in [-0.39, 0.29) is 5.78 Å². The van der Waals surface area contributed by atoms with Crippen LogP contribution in [-0.4, -0.2) is 24.4 Å². The van der Waals surface area contributed by atoms with E-state index in [1.165, 1.54) is 18.9 Å². The molecule has 4 nitrogen and oxygen atoms in total. The topological polar surface area (TPSA) is 55.4 Å². The van der Waals surface area contributed by atoms with E-state index in [0.717, 1.165) is 4.90 Å². The third kappa shape index (κ3) is 4.51. The van der Waals surface area contributed by atoms with E-state index in [9.17, 15) is 9.59 Å². The lowest BCUT2D eigenvalue weighted by Gasteiger charge is -2.16. The average Bonchev–Trinajstić information content (AvgIpc) is 2.56. The largest absolute Gasteiger partial charge is 0.453 e. The lowest BCUT2D eigenvalue weighted by Crippen LogP contribution is -2.38. The molecule has 2 rings (SSSR count). The van der Waals surface area contributed by atoms with Crippen molar-refractivity contribution in [3.05, 3.63) is 65.2 Å². The summed E-state index contributed by atoms with van der Waals surface area (Å²) in [6.07, 6.45) is -0.657. The predicted molar refractivity (Wildman–Crippen MR) is 87.4 cm³/mol. The van der Waals surface area contributed by atoms with Crippen molar-refractivity contribution >= 4 is 35.2 Å². The fourth-order valence-electron chi connectivity index (χ4n) is 1.72. The first-order chi connectivity index (χ1) is 10.6. The quantitative estimate of drug-likeness (QED) is 0.510. The molecule has 0 saturated carbocycles. The highest BCUT2D eigenvalue weighted by atomic mass is 35.5. The molecule has 22 heavy (non-hydrogen) atoms. The number of nitrogens with one attached hydrogen (secondary N) is 1. The van der Waals surface area contributed by atoms with E-state index in [1.54, 1.807) is 48.5 Å². The van der Waals surface area contributed by atoms with Gasteiger partial charge in [0.25, 0.3) is 0 Å². The van der Waals surface area contributed by atoms with Crippen molar-refractivity contribution < 1.29 is 14.3 Å². The Kier molecular flexibility index (Phi) is 5.86. The van der Waals surface area contributed by atoms with Crippen molar-refractivity contribution in [2.24, 2.45) is 0 Å². The molecule has 0 heterocycles. The predicted octanol–water partition coefficient (Wildman–Crippen LogP) is 4.00. The van der Waals surface area contributed by atoms with Crippen LogP contribution < -0.4 is 5.32 Å². The molecule has 0 aromatic heterocycles. The Labute approximate surface area is 137 Å². The molecule has 1 atom stereocenters. The number of methoxy groups -OCH3 is 1. The van der Waals surface area contributed by atoms with Crippen LogP contribution in [0.2, 0.25) is 5.02 Å². The summed E-state index contributed by atoms with van der Waals surface area (Å²) in [6.45, 7) is 0. The van der Waals surface area contributed by atoms with E-state index in [4.69, 9.17) is 11.6 Å². The Bertz CT molecular complexity index is 646. The van der Waals surface area contributed by atoms with Gasteiger partial charge in [-0.15, -0.1) is 0 Å². The Balaban J connectivity index is 2.20. The van der Waals surface area contributed by atoms with Gasteiger partial charge in [-0.1, -0.05) is 53.7 Å². The zero-order valence-electron chi connectivity index (χ0n) is 11.8. The normalized spacial score (nSPS) is 11.5. The van der Waals surface area contributed by atoms with Gasteiger partial charge in [-0.05, 0) is 24.3 Å². The molecular weight excluding hydrogens is 322 g/mol. The van der Waals surface area contributed by atoms with Crippen molar-refractivity contribution in [2.75, 3.05) is 7.11 Å². The van der Waals surface area contributed by atoms with Gasteiger partial charge in [0, 0.05) is 15.5 Å². The van der Waals surface area contributed by atoms with Crippen molar-refractivity contribution in [3.8, 4) is 0 Å². The Morgan fingerprint density at radius 2 is 1.73 bits per heavy atom. The fourth-order valence-corrected chi connectivity index (χ4v) is 2.81. The van der Waals surface area contributed by atoms with Crippen LogP contribution in [0.4, 0.5) is 4.79 Å². The van der Waals surface area contributed by atoms with Crippen LogP contribution >= 0.6 is 23.4 Å². The Hall–Kier alpha value is -1.98. The number of carbonyl (C=O) groups is 2. The van der Waals surface area contributed by atoms with Gasteiger partial charge in [-0.25, -0.2) is 4.79 Å². The smallest absolute Gasteiger partial charge is 0.408 e. The summed E-state index contributed by atoms with van der Waals surface area (Å²) >= 11 is 7.07. The molecule has 0 aliphatic carbocycles. The third-order valence-corrected chi connectivity index (χ3v) is 4.16. The van der Waals surface area contributed by atoms with Gasteiger partial charge >= 0.3 is 6.09 Å². The molecule has 1 unspecified atom stereocenters. The molecule has 114 valence electrons. The van der Waals surface area contributed by atoms with Crippen molar-refractivity contribution in [3.63, 3.8) is 0 Å². The summed E-state index contributed by atoms with van der Waals surface area (Å²) < 4.78 is 4.59. The van der Waals surface area contributed by atoms with Crippen LogP contribution in [0.5, 0.6) is 0 Å². The minimum atomic E-state index is -0.781. The van der Waals surface area contributed by atoms with Gasteiger partial charge < -0.3 is 10.1 Å². The molecule has 0 fully saturated rings. The van der Waals surface area contributed by atoms with Crippen LogP contribution in [0.1, 0.15) is 10.4 Å². The van der Waals surface area contributed by atoms with Crippen LogP contribution in [0.3, 0.4) is 0 Å². The number of hydrogen-bond acceptors (Lipinski definition) is 4. The van der Waals surface area contributed by atoms with Crippen LogP contribution in [0.15, 0.2) is 59.5 Å². The van der Waals surface area contributed by atoms with E-state index < -0.39 is 11.5 Å². The summed E-state index contributed by atoms with van der Waals surface area (Å²) in [7, 11) is 1.26. The Morgan fingerprint density at radius 1 is 1.09 bits per heavy atom. The summed E-state index contributed by atoms with van der Waals surface area (Å²) in [5, 5.41) is 2.37. The lowest BCUT2D eigenvalue weighted by atomic mass is 10.1. The van der Waals surface area contributed by atoms with Crippen LogP contribution in [0, 0.1) is 0 Å². The molecule has 0 spiro atoms. The van der Waals surface area contributed by atoms with Gasteiger partial charge in [-0.3, -0.25) is 4.79 Å². The number of benzene rings is 2. The summed E-state index contributed by atoms with van der Waals surface area (Å²) in [4.78, 5) is 24.8. The van der Waals surface area contributed by atoms with E-state index >= 15 is 0 Å². The molecule has 0 aliphatic heterocycles. The van der Waals surface area contributed by atoms with E-state index in [1.807, 2.05) is 6.07 Å². The van der Waals surface area contributed by atoms with Crippen molar-refractivity contribution in [1.82, 2.24) is 5.32 Å². The number of thioether (sulfide) groups is 1. The first-order valence-corrected chi connectivity index (χ1v) is 7.72. The molecule has 6 heteroatoms. The number of rotatable bonds is 5. The highest BCUT2D eigenvalue weighted by Crippen LogP contribution is 2.26. The monoisotopic (exact) mass is 335 g/mol. The Morgan fingerprint density at radius 3 is 2.32 bits per heavy atom. The number of amides is 1. The molecule has 2 aromatic rings. The number of ketones is 1. The second-order valence-electron chi connectivity index (χ2n) is 4.32. The summed E-state index contributed by atoms with van der Waals surface area (Å²) in [5.74, 6) is -0.203. The number of ether oxygens (including phenoxy) is 1. The maximum Gasteiger partial charge on any atom is 0.408 e. The number of halogens is 1. The fraction of sp³-hybridized carbons (Fsp3) is 0.125. The van der Waals surface area contributed by atoms with Gasteiger partial charge in [-0.2, -0.15) is 0 Å². The maximum absolute atomic E-state index is 12.6. The van der Waals surface area contributed by atoms with Gasteiger partial charge in [0.15, 0.2) is 5.78 Å². The average molecular weight is 336 g/mol. The highest BCUT2D eigenvalue weighted by Gasteiger charge is 2.23. The summed E-state index contributed by atoms with van der Waals surface area (Å²) in [6, 6.07) is 15.8. The minimum Gasteiger partial charge on any atom is -0.453 e. The van der Waals surface area contributed by atoms with Crippen molar-refractivity contribution in [2.45, 2.75) is 10.3 Å². The van der Waals surface area contributed by atoms with Crippen LogP contribution in [-0.2, 0) is 4.74 Å². The maximum atomic E-state index is 12.6. The molecular formula is C16H14ClNO3S. The molecule has 1 amide bonds. The van der Waals surface area contributed by atoms with Gasteiger partial charge in [0.2, 0.25) is 0 Å². The molecule has 2 aromatic carbocycles. The first kappa shape index (κ1) is 16.4. The SMILES string of the molecule is COC(=O)NC(Sc1ccc(Cl)cc1)C(=O)c1ccccc1. The van der Waals surface area contributed by atoms with Crippen molar-refractivity contribution in [1.29, 1.82) is 0 Å². The number of carbonyl (C=O) groups excluding carboxylic acids is 2. The van der Waals surface area contributed by atoms with E-state index in [2.05, 4.69) is 10.1 Å². The second kappa shape index (κ2) is 7.87. The standard InChI is InChI=1S/C16H14ClNO3S/c1-21-16(20)18-15(14(19)11-5-3-2-4-6-11)22-13-9-7-12(17)8-10-13/h2-10,15H,1H3,(H,18,20). The number of hydrogen-bond donors (Lipinski definition) is 1. The zero-order chi connectivity index (χ0) is 15.9. The second-order valence-corrected chi connectivity index (χ2v) is 5.93. The number of Topliss-reactive ketones (excluding diaryl/α,β-unsaturated/α-hetero) is 1. The lowest BCUT2D eigenvalue weighted by molar-refractivity contribution is 0.0970. The summed E-state index contributed by atoms with van der Waals surface area (Å²) in [5.41, 5.74) is 0.519.